The number of amides is 19. The fraction of sp³-hybridized carbons (Fsp3) is 0.610. The normalized spacial score (nSPS) is 20.9. The van der Waals surface area contributed by atoms with Crippen LogP contribution in [-0.4, -0.2) is 355 Å². The first-order valence-electron chi connectivity index (χ1n) is 50.5. The number of carbonyl (C=O) groups is 21. The number of nitrogens with one attached hydrogen (secondary N) is 14. The smallest absolute Gasteiger partial charge is 0.326 e. The van der Waals surface area contributed by atoms with Crippen LogP contribution < -0.4 is 74.4 Å². The molecular weight excluding hydrogens is 1930 g/mol. The maximum atomic E-state index is 14.7. The van der Waals surface area contributed by atoms with Crippen LogP contribution in [0.3, 0.4) is 0 Å². The lowest BCUT2D eigenvalue weighted by Crippen LogP contribution is -2.61. The van der Waals surface area contributed by atoms with E-state index in [2.05, 4.69) is 99.7 Å². The molecule has 146 heavy (non-hydrogen) atoms. The van der Waals surface area contributed by atoms with Crippen LogP contribution in [0, 0.1) is 17.8 Å². The van der Waals surface area contributed by atoms with Crippen LogP contribution in [0.5, 0.6) is 0 Å². The van der Waals surface area contributed by atoms with Gasteiger partial charge >= 0.3 is 11.9 Å². The molecule has 44 nitrogen and oxygen atoms in total. The first kappa shape index (κ1) is 115. The van der Waals surface area contributed by atoms with Crippen LogP contribution >= 0.6 is 25.3 Å². The molecule has 10 rings (SSSR count). The number of rotatable bonds is 50. The summed E-state index contributed by atoms with van der Waals surface area (Å²) in [6.07, 6.45) is 3.33. The Balaban J connectivity index is 0.702. The van der Waals surface area contributed by atoms with Crippen LogP contribution in [0.15, 0.2) is 91.0 Å². The molecule has 0 unspecified atom stereocenters. The first-order chi connectivity index (χ1) is 69.7. The highest BCUT2D eigenvalue weighted by atomic mass is 32.1. The molecule has 18 atom stereocenters. The van der Waals surface area contributed by atoms with Crippen LogP contribution in [0.1, 0.15) is 181 Å². The van der Waals surface area contributed by atoms with Gasteiger partial charge in [0.25, 0.3) is 0 Å². The van der Waals surface area contributed by atoms with E-state index in [4.69, 9.17) is 0 Å². The Morgan fingerprint density at radius 1 is 0.356 bits per heavy atom. The van der Waals surface area contributed by atoms with Crippen LogP contribution in [0.4, 0.5) is 0 Å². The second-order valence-electron chi connectivity index (χ2n) is 39.5. The van der Waals surface area contributed by atoms with Gasteiger partial charge in [0.1, 0.15) is 103 Å². The molecule has 7 heterocycles. The van der Waals surface area contributed by atoms with Crippen molar-refractivity contribution in [2.45, 2.75) is 292 Å². The maximum absolute atomic E-state index is 14.7. The van der Waals surface area contributed by atoms with E-state index in [-0.39, 0.29) is 146 Å². The van der Waals surface area contributed by atoms with E-state index in [1.165, 1.54) is 31.4 Å². The summed E-state index contributed by atoms with van der Waals surface area (Å²) in [7, 11) is 0. The highest BCUT2D eigenvalue weighted by Gasteiger charge is 2.49. The lowest BCUT2D eigenvalue weighted by Gasteiger charge is -2.33. The van der Waals surface area contributed by atoms with Gasteiger partial charge < -0.3 is 119 Å². The highest BCUT2D eigenvalue weighted by Crippen LogP contribution is 2.30. The van der Waals surface area contributed by atoms with Crippen LogP contribution in [-0.2, 0) is 120 Å². The monoisotopic (exact) mass is 2070 g/mol. The molecule has 3 aromatic rings. The number of hydrogen-bond acceptors (Lipinski definition) is 25. The topological polar surface area (TPSA) is 607 Å². The molecule has 0 aliphatic carbocycles. The zero-order chi connectivity index (χ0) is 106. The number of carboxylic acid groups (broad SMARTS) is 2. The molecule has 0 aromatic heterocycles. The number of likely N-dealkylation sites (tertiary alicyclic amines) is 6. The summed E-state index contributed by atoms with van der Waals surface area (Å²) in [5.74, 6) is -18.3. The Morgan fingerprint density at radius 2 is 0.726 bits per heavy atom. The third-order valence-electron chi connectivity index (χ3n) is 27.3. The third kappa shape index (κ3) is 32.1. The van der Waals surface area contributed by atoms with Crippen LogP contribution in [0.25, 0.3) is 0 Å². The van der Waals surface area contributed by atoms with Gasteiger partial charge in [0, 0.05) is 76.5 Å². The van der Waals surface area contributed by atoms with Crippen molar-refractivity contribution in [3.63, 3.8) is 0 Å². The highest BCUT2D eigenvalue weighted by molar-refractivity contribution is 7.80. The molecule has 0 radical (unpaired) electrons. The SMILES string of the molecule is CC(C)C[C@H](NC(=O)[C@H](Cc1ccccc1)NC(=O)[C@H](CCC(=O)O)NC(=O)[C@@H]1CCCN1C(=O)[C@H](C)NC(=O)[C@@H]1CCCN1C(=O)[C@H](CS)NC(=O)[C@@H]1CCCN1C(=O)[C@@H]1CCCN1C(=O)[C@H](CS)NC(=O)[C@@H]1CCCN1)C(=O)NCC(=O)NCC(=O)N1CCC[C@H]1C(=O)N[C@@H](CO)C(=O)N[C@H](C(=O)N[C@@H](Cc1ccccc1)C(=O)N[C@@H](CC(C)C)C(=O)N[C@@H](Cc1ccccc1)C(=O)N1CCC[C@H]1C(=O)O)C(C)C. The predicted octanol–water partition coefficient (Wildman–Crippen LogP) is -2.45. The number of carbonyl (C=O) groups excluding carboxylic acids is 19. The summed E-state index contributed by atoms with van der Waals surface area (Å²) in [6.45, 7) is 10.6. The van der Waals surface area contributed by atoms with Gasteiger partial charge in [-0.05, 0) is 157 Å². The lowest BCUT2D eigenvalue weighted by atomic mass is 9.98. The number of carboxylic acids is 2. The minimum Gasteiger partial charge on any atom is -0.481 e. The van der Waals surface area contributed by atoms with Gasteiger partial charge in [-0.2, -0.15) is 25.3 Å². The Morgan fingerprint density at radius 3 is 1.19 bits per heavy atom. The van der Waals surface area contributed by atoms with Gasteiger partial charge in [-0.1, -0.05) is 133 Å². The zero-order valence-corrected chi connectivity index (χ0v) is 85.4. The summed E-state index contributed by atoms with van der Waals surface area (Å²) >= 11 is 8.76. The molecule has 17 N–H and O–H groups in total. The van der Waals surface area contributed by atoms with E-state index >= 15 is 0 Å². The first-order valence-corrected chi connectivity index (χ1v) is 51.8. The second kappa shape index (κ2) is 55.6. The molecule has 798 valence electrons. The fourth-order valence-corrected chi connectivity index (χ4v) is 20.2. The fourth-order valence-electron chi connectivity index (χ4n) is 19.7. The van der Waals surface area contributed by atoms with Crippen molar-refractivity contribution in [2.75, 3.05) is 77.0 Å². The molecule has 0 bridgehead atoms. The molecule has 19 amide bonds. The lowest BCUT2D eigenvalue weighted by molar-refractivity contribution is -0.149. The number of hydrogen-bond donors (Lipinski definition) is 19. The molecule has 3 aromatic carbocycles. The average Bonchev–Trinajstić information content (AvgIpc) is 1.65. The predicted molar refractivity (Wildman–Crippen MR) is 536 cm³/mol. The number of aliphatic hydroxyl groups excluding tert-OH is 1. The van der Waals surface area contributed by atoms with E-state index in [1.54, 1.807) is 119 Å². The zero-order valence-electron chi connectivity index (χ0n) is 83.6. The number of aliphatic hydroxyl groups is 1. The summed E-state index contributed by atoms with van der Waals surface area (Å²) in [5.41, 5.74) is 1.77. The minimum absolute atomic E-state index is 0.00249. The van der Waals surface area contributed by atoms with Gasteiger partial charge in [-0.15, -0.1) is 0 Å². The van der Waals surface area contributed by atoms with Crippen molar-refractivity contribution in [1.82, 2.24) is 104 Å². The average molecular weight is 2070 g/mol. The van der Waals surface area contributed by atoms with Gasteiger partial charge in [0.05, 0.1) is 25.7 Å². The van der Waals surface area contributed by atoms with Crippen molar-refractivity contribution >= 4 is 149 Å². The molecule has 7 fully saturated rings. The standard InChI is InChI=1S/C100H142N20O24S2/c1-56(2)46-65(83(126)103-51-79(122)102-52-80(123)115-40-18-31-73(115)91(134)111-70(53-121)89(132)114-82(58(5)6)94(137)109-68(49-61-26-13-9-14-27-61)88(131)107-66(47-57(3)4)86(129)110-69(50-62-28-15-10-16-29-62)96(139)120-45-23-36-78(120)100(143)144)106-87(130)67(48-60-24-11-8-12-25-60)108-85(128)64(37-38-81(124)125)105-92(135)75-33-19-41-116(75)95(138)59(7)104-90(133)74-32-20-42-117(74)97(140)72(55-146)113-93(136)76-34-21-43-118(76)99(142)77-35-22-44-119(77)98(141)71(54-145)112-84(127)63-30-17-39-101-63/h8-16,24-29,56-59,63-78,82,101,121,145-146H,17-23,30-55H2,1-7H3,(H,102,122)(H,103,126)(H,104,133)(H,105,135)(H,106,130)(H,107,131)(H,108,128)(H,109,137)(H,110,129)(H,111,134)(H,112,127)(H,113,136)(H,114,132)(H,124,125)(H,143,144)/t59-,63-,64-,65-,66-,67-,68-,69-,70-,71-,72-,73-,74-,75-,76-,77-,78-,82-/m0/s1. The summed E-state index contributed by atoms with van der Waals surface area (Å²) < 4.78 is 0. The minimum atomic E-state index is -1.71. The number of nitrogens with zero attached hydrogens (tertiary/aromatic N) is 6. The third-order valence-corrected chi connectivity index (χ3v) is 28.1. The maximum Gasteiger partial charge on any atom is 0.326 e. The molecule has 7 aliphatic heterocycles. The van der Waals surface area contributed by atoms with E-state index in [0.717, 1.165) is 11.3 Å². The van der Waals surface area contributed by atoms with Gasteiger partial charge in [0.15, 0.2) is 0 Å². The number of aliphatic carboxylic acids is 2. The summed E-state index contributed by atoms with van der Waals surface area (Å²) in [6, 6.07) is 3.42. The van der Waals surface area contributed by atoms with Gasteiger partial charge in [-0.3, -0.25) is 95.9 Å². The number of thiol groups is 2. The largest absolute Gasteiger partial charge is 0.481 e. The molecular formula is C100H142N20O24S2. The van der Waals surface area contributed by atoms with Gasteiger partial charge in [0.2, 0.25) is 112 Å². The van der Waals surface area contributed by atoms with Crippen molar-refractivity contribution in [1.29, 1.82) is 0 Å². The molecule has 46 heteroatoms. The summed E-state index contributed by atoms with van der Waals surface area (Å²) in [4.78, 5) is 302. The second-order valence-corrected chi connectivity index (χ2v) is 40.2. The molecule has 0 saturated carbocycles. The van der Waals surface area contributed by atoms with Crippen molar-refractivity contribution in [3.8, 4) is 0 Å². The van der Waals surface area contributed by atoms with Crippen molar-refractivity contribution < 1.29 is 116 Å². The van der Waals surface area contributed by atoms with E-state index in [1.807, 2.05) is 13.8 Å². The number of benzene rings is 3. The Labute approximate surface area is 859 Å². The molecule has 7 saturated heterocycles. The Bertz CT molecular complexity index is 5140. The van der Waals surface area contributed by atoms with Crippen molar-refractivity contribution in [3.05, 3.63) is 108 Å². The Kier molecular flexibility index (Phi) is 43.8. The van der Waals surface area contributed by atoms with E-state index in [0.29, 0.717) is 61.8 Å². The summed E-state index contributed by atoms with van der Waals surface area (Å²) in [5, 5.41) is 68.0. The van der Waals surface area contributed by atoms with Crippen molar-refractivity contribution in [2.24, 2.45) is 17.8 Å². The van der Waals surface area contributed by atoms with Crippen LogP contribution in [0.2, 0.25) is 0 Å². The molecule has 0 spiro atoms. The Hall–Kier alpha value is -12.9. The quantitative estimate of drug-likeness (QED) is 0.0261. The van der Waals surface area contributed by atoms with E-state index < -0.39 is 265 Å². The molecule has 7 aliphatic rings. The van der Waals surface area contributed by atoms with Gasteiger partial charge in [-0.25, -0.2) is 4.79 Å². The van der Waals surface area contributed by atoms with E-state index in [9.17, 15) is 116 Å².